The third kappa shape index (κ3) is 2.64. The van der Waals surface area contributed by atoms with Crippen LogP contribution < -0.4 is 5.56 Å². The summed E-state index contributed by atoms with van der Waals surface area (Å²) in [5.74, 6) is -0.746. The van der Waals surface area contributed by atoms with Gasteiger partial charge in [-0.3, -0.25) is 9.59 Å². The molecule has 3 aromatic rings. The van der Waals surface area contributed by atoms with Crippen LogP contribution in [0.4, 0.5) is 0 Å². The lowest BCUT2D eigenvalue weighted by Gasteiger charge is -2.09. The van der Waals surface area contributed by atoms with Gasteiger partial charge in [0.05, 0.1) is 11.0 Å². The van der Waals surface area contributed by atoms with Crippen molar-refractivity contribution in [3.63, 3.8) is 0 Å². The molecule has 0 spiro atoms. The number of aliphatic hydroxyl groups is 1. The summed E-state index contributed by atoms with van der Waals surface area (Å²) >= 11 is 5.85. The van der Waals surface area contributed by atoms with Gasteiger partial charge >= 0.3 is 0 Å². The first-order chi connectivity index (χ1) is 10.6. The van der Waals surface area contributed by atoms with Crippen molar-refractivity contribution in [3.05, 3.63) is 75.2 Å². The molecule has 0 bridgehead atoms. The van der Waals surface area contributed by atoms with Gasteiger partial charge in [-0.2, -0.15) is 0 Å². The minimum Gasteiger partial charge on any atom is -0.380 e. The van der Waals surface area contributed by atoms with Gasteiger partial charge in [-0.1, -0.05) is 41.9 Å². The molecular formula is C16H11ClN2O3. The number of H-pyrrole nitrogens is 1. The van der Waals surface area contributed by atoms with Crippen LogP contribution in [0.5, 0.6) is 0 Å². The Labute approximate surface area is 130 Å². The molecule has 0 aliphatic rings. The zero-order chi connectivity index (χ0) is 15.7. The third-order valence-electron chi connectivity index (χ3n) is 3.25. The maximum atomic E-state index is 12.3. The van der Waals surface area contributed by atoms with Crippen molar-refractivity contribution < 1.29 is 9.90 Å². The van der Waals surface area contributed by atoms with E-state index in [9.17, 15) is 14.7 Å². The largest absolute Gasteiger partial charge is 0.380 e. The molecule has 0 saturated heterocycles. The highest BCUT2D eigenvalue weighted by Gasteiger charge is 2.23. The first-order valence-corrected chi connectivity index (χ1v) is 6.91. The van der Waals surface area contributed by atoms with E-state index in [0.29, 0.717) is 21.6 Å². The van der Waals surface area contributed by atoms with Gasteiger partial charge in [-0.15, -0.1) is 0 Å². The standard InChI is InChI=1S/C16H11ClN2O3/c17-10-6-7-11-12(8-10)19-16(22)13(18-11)15(21)14(20)9-4-2-1-3-5-9/h1-8,14,20H,(H,19,22)/t14-/m1/s1. The number of aromatic nitrogens is 2. The number of hydrogen-bond donors (Lipinski definition) is 2. The van der Waals surface area contributed by atoms with Crippen molar-refractivity contribution >= 4 is 28.4 Å². The minimum atomic E-state index is -1.43. The molecule has 1 aromatic heterocycles. The maximum Gasteiger partial charge on any atom is 0.278 e. The van der Waals surface area contributed by atoms with Crippen LogP contribution in [0, 0.1) is 0 Å². The van der Waals surface area contributed by atoms with Crippen LogP contribution in [-0.2, 0) is 0 Å². The monoisotopic (exact) mass is 314 g/mol. The van der Waals surface area contributed by atoms with E-state index < -0.39 is 17.4 Å². The summed E-state index contributed by atoms with van der Waals surface area (Å²) < 4.78 is 0. The Hall–Kier alpha value is -2.50. The second-order valence-corrected chi connectivity index (χ2v) is 5.19. The molecule has 2 aromatic carbocycles. The molecule has 2 N–H and O–H groups in total. The van der Waals surface area contributed by atoms with Crippen LogP contribution in [0.15, 0.2) is 53.3 Å². The van der Waals surface area contributed by atoms with Crippen molar-refractivity contribution in [1.29, 1.82) is 0 Å². The summed E-state index contributed by atoms with van der Waals surface area (Å²) in [7, 11) is 0. The fourth-order valence-corrected chi connectivity index (χ4v) is 2.31. The van der Waals surface area contributed by atoms with Crippen molar-refractivity contribution in [2.24, 2.45) is 0 Å². The molecule has 0 fully saturated rings. The van der Waals surface area contributed by atoms with E-state index in [-0.39, 0.29) is 5.69 Å². The van der Waals surface area contributed by atoms with E-state index in [1.54, 1.807) is 48.5 Å². The van der Waals surface area contributed by atoms with Crippen molar-refractivity contribution in [1.82, 2.24) is 9.97 Å². The Morgan fingerprint density at radius 2 is 1.91 bits per heavy atom. The number of nitrogens with zero attached hydrogens (tertiary/aromatic N) is 1. The Kier molecular flexibility index (Phi) is 3.75. The van der Waals surface area contributed by atoms with Crippen LogP contribution in [0.3, 0.4) is 0 Å². The smallest absolute Gasteiger partial charge is 0.278 e. The average Bonchev–Trinajstić information content (AvgIpc) is 2.53. The molecule has 0 aliphatic heterocycles. The number of halogens is 1. The Morgan fingerprint density at radius 3 is 2.64 bits per heavy atom. The number of fused-ring (bicyclic) bond motifs is 1. The number of aliphatic hydroxyl groups excluding tert-OH is 1. The molecule has 0 saturated carbocycles. The van der Waals surface area contributed by atoms with Crippen LogP contribution in [0.25, 0.3) is 11.0 Å². The average molecular weight is 315 g/mol. The first-order valence-electron chi connectivity index (χ1n) is 6.53. The second kappa shape index (κ2) is 5.71. The number of hydrogen-bond acceptors (Lipinski definition) is 4. The number of Topliss-reactive ketones (excluding diaryl/α,β-unsaturated/α-hetero) is 1. The predicted molar refractivity (Wildman–Crippen MR) is 83.1 cm³/mol. The molecule has 0 amide bonds. The van der Waals surface area contributed by atoms with Gasteiger partial charge in [0.25, 0.3) is 5.56 Å². The van der Waals surface area contributed by atoms with Gasteiger partial charge in [0.2, 0.25) is 5.78 Å². The highest BCUT2D eigenvalue weighted by Crippen LogP contribution is 2.18. The van der Waals surface area contributed by atoms with E-state index in [1.807, 2.05) is 0 Å². The first kappa shape index (κ1) is 14.4. The number of aromatic amines is 1. The second-order valence-electron chi connectivity index (χ2n) is 4.75. The van der Waals surface area contributed by atoms with E-state index in [2.05, 4.69) is 9.97 Å². The molecule has 5 nitrogen and oxygen atoms in total. The Bertz CT molecular complexity index is 906. The fraction of sp³-hybridized carbons (Fsp3) is 0.0625. The summed E-state index contributed by atoms with van der Waals surface area (Å²) in [6, 6.07) is 13.1. The minimum absolute atomic E-state index is 0.328. The fourth-order valence-electron chi connectivity index (χ4n) is 2.14. The van der Waals surface area contributed by atoms with Crippen molar-refractivity contribution in [3.8, 4) is 0 Å². The normalized spacial score (nSPS) is 12.3. The lowest BCUT2D eigenvalue weighted by Crippen LogP contribution is -2.24. The van der Waals surface area contributed by atoms with Crippen LogP contribution in [0.1, 0.15) is 22.2 Å². The van der Waals surface area contributed by atoms with Gasteiger partial charge in [-0.25, -0.2) is 4.98 Å². The number of benzene rings is 2. The van der Waals surface area contributed by atoms with E-state index in [1.165, 1.54) is 0 Å². The Morgan fingerprint density at radius 1 is 1.18 bits per heavy atom. The predicted octanol–water partition coefficient (Wildman–Crippen LogP) is 2.49. The number of carbonyl (C=O) groups is 1. The zero-order valence-corrected chi connectivity index (χ0v) is 12.0. The molecule has 1 heterocycles. The number of ketones is 1. The summed E-state index contributed by atoms with van der Waals surface area (Å²) in [6.45, 7) is 0. The molecule has 22 heavy (non-hydrogen) atoms. The van der Waals surface area contributed by atoms with Crippen LogP contribution in [-0.4, -0.2) is 20.9 Å². The quantitative estimate of drug-likeness (QED) is 0.728. The topological polar surface area (TPSA) is 83.0 Å². The third-order valence-corrected chi connectivity index (χ3v) is 3.49. The zero-order valence-electron chi connectivity index (χ0n) is 11.3. The molecule has 6 heteroatoms. The molecule has 110 valence electrons. The highest BCUT2D eigenvalue weighted by atomic mass is 35.5. The molecule has 1 atom stereocenters. The number of rotatable bonds is 3. The molecular weight excluding hydrogens is 304 g/mol. The summed E-state index contributed by atoms with van der Waals surface area (Å²) in [6.07, 6.45) is -1.43. The number of carbonyl (C=O) groups excluding carboxylic acids is 1. The van der Waals surface area contributed by atoms with E-state index in [0.717, 1.165) is 0 Å². The Balaban J connectivity index is 2.06. The lowest BCUT2D eigenvalue weighted by molar-refractivity contribution is 0.0740. The molecule has 3 rings (SSSR count). The molecule has 0 radical (unpaired) electrons. The molecule has 0 unspecified atom stereocenters. The van der Waals surface area contributed by atoms with Gasteiger partial charge < -0.3 is 10.1 Å². The van der Waals surface area contributed by atoms with Crippen molar-refractivity contribution in [2.75, 3.05) is 0 Å². The molecule has 0 aliphatic carbocycles. The van der Waals surface area contributed by atoms with Gasteiger partial charge in [0, 0.05) is 5.02 Å². The van der Waals surface area contributed by atoms with E-state index >= 15 is 0 Å². The van der Waals surface area contributed by atoms with Crippen LogP contribution in [0.2, 0.25) is 5.02 Å². The summed E-state index contributed by atoms with van der Waals surface area (Å²) in [5, 5.41) is 10.6. The number of nitrogens with one attached hydrogen (secondary N) is 1. The summed E-state index contributed by atoms with van der Waals surface area (Å²) in [5.41, 5.74) is 0.279. The van der Waals surface area contributed by atoms with E-state index in [4.69, 9.17) is 11.6 Å². The van der Waals surface area contributed by atoms with Crippen molar-refractivity contribution in [2.45, 2.75) is 6.10 Å². The maximum absolute atomic E-state index is 12.3. The SMILES string of the molecule is O=C(c1nc2ccc(Cl)cc2[nH]c1=O)[C@H](O)c1ccccc1. The van der Waals surface area contributed by atoms with Crippen LogP contribution >= 0.6 is 11.6 Å². The van der Waals surface area contributed by atoms with Gasteiger partial charge in [0.1, 0.15) is 6.10 Å². The van der Waals surface area contributed by atoms with Gasteiger partial charge in [0.15, 0.2) is 5.69 Å². The lowest BCUT2D eigenvalue weighted by atomic mass is 10.0. The highest BCUT2D eigenvalue weighted by molar-refractivity contribution is 6.31. The van der Waals surface area contributed by atoms with Gasteiger partial charge in [-0.05, 0) is 23.8 Å². The summed E-state index contributed by atoms with van der Waals surface area (Å²) in [4.78, 5) is 30.9.